The second kappa shape index (κ2) is 3.76. The molecule has 0 atom stereocenters. The van der Waals surface area contributed by atoms with Gasteiger partial charge in [-0.15, -0.1) is 0 Å². The Labute approximate surface area is 65.5 Å². The molecule has 0 saturated carbocycles. The summed E-state index contributed by atoms with van der Waals surface area (Å²) < 4.78 is 5.07. The Balaban J connectivity index is 2.62. The van der Waals surface area contributed by atoms with Crippen LogP contribution < -0.4 is 0 Å². The van der Waals surface area contributed by atoms with E-state index in [0.29, 0.717) is 6.42 Å². The molecule has 11 heavy (non-hydrogen) atoms. The summed E-state index contributed by atoms with van der Waals surface area (Å²) in [5.74, 6) is 0.824. The molecule has 0 spiro atoms. The van der Waals surface area contributed by atoms with Gasteiger partial charge in [0.2, 0.25) is 0 Å². The van der Waals surface area contributed by atoms with Gasteiger partial charge in [0.25, 0.3) is 0 Å². The third-order valence-electron chi connectivity index (χ3n) is 1.48. The Hall–Kier alpha value is -1.31. The molecular formula is C9H10O2. The maximum absolute atomic E-state index is 10.4. The van der Waals surface area contributed by atoms with Crippen molar-refractivity contribution in [3.63, 3.8) is 0 Å². The summed E-state index contributed by atoms with van der Waals surface area (Å²) in [5, 5.41) is 0. The fourth-order valence-corrected chi connectivity index (χ4v) is 0.826. The van der Waals surface area contributed by atoms with Crippen LogP contribution in [0.3, 0.4) is 0 Å². The number of carbonyl (C=O) groups excluding carboxylic acids is 1. The van der Waals surface area contributed by atoms with E-state index in [0.717, 1.165) is 17.6 Å². The number of hydrogen-bond acceptors (Lipinski definition) is 2. The number of aldehydes is 1. The number of rotatable bonds is 3. The Morgan fingerprint density at radius 2 is 2.55 bits per heavy atom. The van der Waals surface area contributed by atoms with Gasteiger partial charge in [0, 0.05) is 6.42 Å². The molecule has 0 unspecified atom stereocenters. The molecule has 0 amide bonds. The standard InChI is InChI=1S/C9H10O2/c1-2-8(7-10)6-9-4-3-5-11-9/h2-5,7H,6H2,1H3/b8-2-. The van der Waals surface area contributed by atoms with E-state index in [9.17, 15) is 4.79 Å². The van der Waals surface area contributed by atoms with E-state index in [1.807, 2.05) is 19.1 Å². The first kappa shape index (κ1) is 7.79. The van der Waals surface area contributed by atoms with Crippen molar-refractivity contribution < 1.29 is 9.21 Å². The van der Waals surface area contributed by atoms with Crippen LogP contribution >= 0.6 is 0 Å². The van der Waals surface area contributed by atoms with Crippen molar-refractivity contribution in [2.75, 3.05) is 0 Å². The molecule has 0 aromatic carbocycles. The zero-order chi connectivity index (χ0) is 8.10. The average Bonchev–Trinajstić information content (AvgIpc) is 2.52. The van der Waals surface area contributed by atoms with Crippen molar-refractivity contribution in [1.29, 1.82) is 0 Å². The quantitative estimate of drug-likeness (QED) is 0.487. The van der Waals surface area contributed by atoms with E-state index >= 15 is 0 Å². The lowest BCUT2D eigenvalue weighted by molar-refractivity contribution is -0.105. The summed E-state index contributed by atoms with van der Waals surface area (Å²) in [5.41, 5.74) is 0.750. The molecule has 0 bridgehead atoms. The molecule has 2 heteroatoms. The lowest BCUT2D eigenvalue weighted by atomic mass is 10.2. The fourth-order valence-electron chi connectivity index (χ4n) is 0.826. The average molecular weight is 150 g/mol. The molecule has 1 heterocycles. The number of allylic oxidation sites excluding steroid dienone is 2. The fraction of sp³-hybridized carbons (Fsp3) is 0.222. The number of carbonyl (C=O) groups is 1. The maximum Gasteiger partial charge on any atom is 0.146 e. The molecule has 2 nitrogen and oxygen atoms in total. The van der Waals surface area contributed by atoms with Gasteiger partial charge in [-0.25, -0.2) is 0 Å². The van der Waals surface area contributed by atoms with Crippen LogP contribution in [0.25, 0.3) is 0 Å². The second-order valence-electron chi connectivity index (χ2n) is 2.24. The highest BCUT2D eigenvalue weighted by Gasteiger charge is 1.98. The van der Waals surface area contributed by atoms with Gasteiger partial charge in [-0.1, -0.05) is 6.08 Å². The van der Waals surface area contributed by atoms with Gasteiger partial charge in [-0.05, 0) is 24.6 Å². The summed E-state index contributed by atoms with van der Waals surface area (Å²) in [7, 11) is 0. The first-order valence-corrected chi connectivity index (χ1v) is 3.49. The van der Waals surface area contributed by atoms with Crippen molar-refractivity contribution >= 4 is 6.29 Å². The molecule has 1 aromatic heterocycles. The molecule has 1 rings (SSSR count). The third kappa shape index (κ3) is 2.08. The minimum atomic E-state index is 0.590. The van der Waals surface area contributed by atoms with Crippen molar-refractivity contribution in [2.24, 2.45) is 0 Å². The predicted octanol–water partition coefficient (Wildman–Crippen LogP) is 1.97. The highest BCUT2D eigenvalue weighted by Crippen LogP contribution is 2.06. The molecule has 0 radical (unpaired) electrons. The lowest BCUT2D eigenvalue weighted by Crippen LogP contribution is -1.88. The number of furan rings is 1. The predicted molar refractivity (Wildman–Crippen MR) is 42.2 cm³/mol. The van der Waals surface area contributed by atoms with E-state index in [2.05, 4.69) is 0 Å². The smallest absolute Gasteiger partial charge is 0.146 e. The van der Waals surface area contributed by atoms with Crippen molar-refractivity contribution in [1.82, 2.24) is 0 Å². The molecule has 0 saturated heterocycles. The Bertz CT molecular complexity index is 245. The van der Waals surface area contributed by atoms with E-state index in [1.165, 1.54) is 0 Å². The largest absolute Gasteiger partial charge is 0.469 e. The van der Waals surface area contributed by atoms with Gasteiger partial charge in [-0.3, -0.25) is 4.79 Å². The SMILES string of the molecule is C/C=C(\C=O)Cc1ccco1. The Morgan fingerprint density at radius 1 is 1.73 bits per heavy atom. The molecule has 58 valence electrons. The third-order valence-corrected chi connectivity index (χ3v) is 1.48. The number of hydrogen-bond donors (Lipinski definition) is 0. The van der Waals surface area contributed by atoms with Crippen molar-refractivity contribution in [3.05, 3.63) is 35.8 Å². The van der Waals surface area contributed by atoms with Gasteiger partial charge in [0.05, 0.1) is 6.26 Å². The molecule has 0 fully saturated rings. The summed E-state index contributed by atoms with van der Waals surface area (Å²) in [4.78, 5) is 10.4. The molecule has 0 N–H and O–H groups in total. The van der Waals surface area contributed by atoms with E-state index in [-0.39, 0.29) is 0 Å². The van der Waals surface area contributed by atoms with Crippen molar-refractivity contribution in [3.8, 4) is 0 Å². The minimum Gasteiger partial charge on any atom is -0.469 e. The van der Waals surface area contributed by atoms with Gasteiger partial charge >= 0.3 is 0 Å². The van der Waals surface area contributed by atoms with Crippen LogP contribution in [0.5, 0.6) is 0 Å². The van der Waals surface area contributed by atoms with Crippen LogP contribution in [-0.2, 0) is 11.2 Å². The zero-order valence-electron chi connectivity index (χ0n) is 6.41. The topological polar surface area (TPSA) is 30.2 Å². The zero-order valence-corrected chi connectivity index (χ0v) is 6.41. The monoisotopic (exact) mass is 150 g/mol. The molecule has 0 aliphatic heterocycles. The molecule has 0 aliphatic carbocycles. The summed E-state index contributed by atoms with van der Waals surface area (Å²) >= 11 is 0. The second-order valence-corrected chi connectivity index (χ2v) is 2.24. The van der Waals surface area contributed by atoms with Gasteiger partial charge in [0.1, 0.15) is 12.0 Å². The van der Waals surface area contributed by atoms with Crippen LogP contribution in [0.2, 0.25) is 0 Å². The van der Waals surface area contributed by atoms with Crippen LogP contribution in [0.15, 0.2) is 34.5 Å². The maximum atomic E-state index is 10.4. The van der Waals surface area contributed by atoms with E-state index < -0.39 is 0 Å². The molecule has 1 aromatic rings. The van der Waals surface area contributed by atoms with Gasteiger partial charge < -0.3 is 4.42 Å². The minimum absolute atomic E-state index is 0.590. The summed E-state index contributed by atoms with van der Waals surface area (Å²) in [6, 6.07) is 3.67. The first-order chi connectivity index (χ1) is 5.36. The van der Waals surface area contributed by atoms with Gasteiger partial charge in [-0.2, -0.15) is 0 Å². The van der Waals surface area contributed by atoms with Crippen LogP contribution in [-0.4, -0.2) is 6.29 Å². The van der Waals surface area contributed by atoms with E-state index in [1.54, 1.807) is 12.3 Å². The first-order valence-electron chi connectivity index (χ1n) is 3.49. The normalized spacial score (nSPS) is 11.5. The highest BCUT2D eigenvalue weighted by atomic mass is 16.3. The lowest BCUT2D eigenvalue weighted by Gasteiger charge is -1.92. The van der Waals surface area contributed by atoms with Crippen LogP contribution in [0, 0.1) is 0 Å². The Kier molecular flexibility index (Phi) is 2.66. The highest BCUT2D eigenvalue weighted by molar-refractivity contribution is 5.73. The molecule has 0 aliphatic rings. The van der Waals surface area contributed by atoms with Gasteiger partial charge in [0.15, 0.2) is 0 Å². The van der Waals surface area contributed by atoms with E-state index in [4.69, 9.17) is 4.42 Å². The van der Waals surface area contributed by atoms with Crippen LogP contribution in [0.4, 0.5) is 0 Å². The summed E-state index contributed by atoms with van der Waals surface area (Å²) in [6.45, 7) is 1.84. The van der Waals surface area contributed by atoms with Crippen LogP contribution in [0.1, 0.15) is 12.7 Å². The Morgan fingerprint density at radius 3 is 3.00 bits per heavy atom. The van der Waals surface area contributed by atoms with Crippen molar-refractivity contribution in [2.45, 2.75) is 13.3 Å². The molecular weight excluding hydrogens is 140 g/mol. The summed E-state index contributed by atoms with van der Waals surface area (Å²) in [6.07, 6.45) is 4.83.